The lowest BCUT2D eigenvalue weighted by molar-refractivity contribution is 0.0995. The number of anilines is 2. The van der Waals surface area contributed by atoms with E-state index in [1.807, 2.05) is 6.07 Å². The van der Waals surface area contributed by atoms with Crippen LogP contribution < -0.4 is 21.5 Å². The first-order chi connectivity index (χ1) is 9.60. The van der Waals surface area contributed by atoms with Crippen LogP contribution in [-0.2, 0) is 6.54 Å². The molecule has 6 heteroatoms. The molecule has 0 atom stereocenters. The van der Waals surface area contributed by atoms with Gasteiger partial charge in [-0.05, 0) is 30.3 Å². The van der Waals surface area contributed by atoms with Crippen molar-refractivity contribution in [3.05, 3.63) is 47.7 Å². The molecule has 1 aromatic carbocycles. The van der Waals surface area contributed by atoms with Gasteiger partial charge in [-0.2, -0.15) is 0 Å². The molecule has 1 amide bonds. The van der Waals surface area contributed by atoms with Crippen molar-refractivity contribution in [2.45, 2.75) is 6.54 Å². The third kappa shape index (κ3) is 3.17. The Labute approximate surface area is 116 Å². The molecule has 1 heterocycles. The number of rotatable bonds is 5. The van der Waals surface area contributed by atoms with Gasteiger partial charge in [-0.1, -0.05) is 6.07 Å². The summed E-state index contributed by atoms with van der Waals surface area (Å²) in [6.07, 6.45) is 0. The number of ether oxygens (including phenoxy) is 1. The second-order valence-electron chi connectivity index (χ2n) is 4.20. The average molecular weight is 272 g/mol. The van der Waals surface area contributed by atoms with Gasteiger partial charge >= 0.3 is 0 Å². The molecule has 2 aromatic rings. The molecule has 20 heavy (non-hydrogen) atoms. The van der Waals surface area contributed by atoms with Gasteiger partial charge in [-0.3, -0.25) is 4.79 Å². The molecule has 0 radical (unpaired) electrons. The van der Waals surface area contributed by atoms with Crippen molar-refractivity contribution in [2.24, 2.45) is 5.73 Å². The number of nitrogens with one attached hydrogen (secondary N) is 1. The maximum absolute atomic E-state index is 11.1. The molecular weight excluding hydrogens is 256 g/mol. The predicted octanol–water partition coefficient (Wildman–Crippen LogP) is 1.38. The number of hydrogen-bond acceptors (Lipinski definition) is 5. The summed E-state index contributed by atoms with van der Waals surface area (Å²) in [5, 5.41) is 3.10. The Hall–Kier alpha value is -2.76. The number of carbonyl (C=O) groups excluding carboxylic acids is 1. The highest BCUT2D eigenvalue weighted by atomic mass is 16.5. The molecule has 2 rings (SSSR count). The summed E-state index contributed by atoms with van der Waals surface area (Å²) >= 11 is 0. The fourth-order valence-electron chi connectivity index (χ4n) is 1.79. The van der Waals surface area contributed by atoms with Gasteiger partial charge in [0, 0.05) is 17.8 Å². The number of benzene rings is 1. The zero-order valence-electron chi connectivity index (χ0n) is 11.1. The fourth-order valence-corrected chi connectivity index (χ4v) is 1.79. The van der Waals surface area contributed by atoms with Gasteiger partial charge < -0.3 is 21.5 Å². The number of nitrogen functional groups attached to an aromatic ring is 1. The van der Waals surface area contributed by atoms with E-state index in [0.717, 1.165) is 11.3 Å². The number of nitrogens with zero attached hydrogens (tertiary/aromatic N) is 1. The molecule has 1 aromatic heterocycles. The maximum atomic E-state index is 11.1. The minimum Gasteiger partial charge on any atom is -0.496 e. The summed E-state index contributed by atoms with van der Waals surface area (Å²) in [4.78, 5) is 15.2. The molecule has 0 spiro atoms. The molecule has 0 aliphatic rings. The zero-order chi connectivity index (χ0) is 14.5. The molecule has 0 bridgehead atoms. The Morgan fingerprint density at radius 3 is 2.85 bits per heavy atom. The van der Waals surface area contributed by atoms with Crippen molar-refractivity contribution < 1.29 is 9.53 Å². The molecule has 0 saturated carbocycles. The molecule has 0 aliphatic heterocycles. The monoisotopic (exact) mass is 272 g/mol. The van der Waals surface area contributed by atoms with Crippen LogP contribution in [0.3, 0.4) is 0 Å². The van der Waals surface area contributed by atoms with Gasteiger partial charge in [0.15, 0.2) is 0 Å². The topological polar surface area (TPSA) is 103 Å². The number of amides is 1. The molecular formula is C14H16N4O2. The van der Waals surface area contributed by atoms with Crippen LogP contribution in [0, 0.1) is 0 Å². The lowest BCUT2D eigenvalue weighted by atomic mass is 10.1. The minimum atomic E-state index is -0.560. The largest absolute Gasteiger partial charge is 0.496 e. The lowest BCUT2D eigenvalue weighted by Crippen LogP contribution is -2.14. The molecule has 0 aliphatic carbocycles. The van der Waals surface area contributed by atoms with E-state index in [9.17, 15) is 4.79 Å². The zero-order valence-corrected chi connectivity index (χ0v) is 11.1. The first-order valence-corrected chi connectivity index (χ1v) is 6.03. The van der Waals surface area contributed by atoms with Gasteiger partial charge in [0.1, 0.15) is 17.3 Å². The van der Waals surface area contributed by atoms with Crippen molar-refractivity contribution in [1.82, 2.24) is 4.98 Å². The number of pyridine rings is 1. The summed E-state index contributed by atoms with van der Waals surface area (Å²) in [5.41, 5.74) is 12.7. The minimum absolute atomic E-state index is 0.217. The highest BCUT2D eigenvalue weighted by Crippen LogP contribution is 2.21. The van der Waals surface area contributed by atoms with Crippen molar-refractivity contribution in [3.8, 4) is 5.75 Å². The first kappa shape index (κ1) is 13.7. The smallest absolute Gasteiger partial charge is 0.267 e. The van der Waals surface area contributed by atoms with Gasteiger partial charge in [-0.25, -0.2) is 4.98 Å². The van der Waals surface area contributed by atoms with Gasteiger partial charge in [0.2, 0.25) is 0 Å². The summed E-state index contributed by atoms with van der Waals surface area (Å²) < 4.78 is 5.26. The number of primary amides is 1. The summed E-state index contributed by atoms with van der Waals surface area (Å²) in [6, 6.07) is 10.4. The Balaban J connectivity index is 2.14. The Morgan fingerprint density at radius 1 is 1.35 bits per heavy atom. The van der Waals surface area contributed by atoms with Crippen LogP contribution in [0.15, 0.2) is 36.4 Å². The molecule has 0 saturated heterocycles. The Bertz CT molecular complexity index is 628. The van der Waals surface area contributed by atoms with Gasteiger partial charge in [0.25, 0.3) is 5.91 Å². The van der Waals surface area contributed by atoms with E-state index >= 15 is 0 Å². The standard InChI is InChI=1S/C14H16N4O2/c1-20-12-6-5-10(15)7-9(12)8-17-13-4-2-3-11(18-13)14(16)19/h2-7H,8,15H2,1H3,(H2,16,19)(H,17,18). The van der Waals surface area contributed by atoms with Gasteiger partial charge in [0.05, 0.1) is 7.11 Å². The lowest BCUT2D eigenvalue weighted by Gasteiger charge is -2.11. The summed E-state index contributed by atoms with van der Waals surface area (Å²) in [5.74, 6) is 0.735. The highest BCUT2D eigenvalue weighted by Gasteiger charge is 2.06. The van der Waals surface area contributed by atoms with E-state index in [-0.39, 0.29) is 5.69 Å². The van der Waals surface area contributed by atoms with E-state index in [1.54, 1.807) is 37.4 Å². The number of methoxy groups -OCH3 is 1. The fraction of sp³-hybridized carbons (Fsp3) is 0.143. The van der Waals surface area contributed by atoms with Crippen LogP contribution in [0.2, 0.25) is 0 Å². The number of aromatic nitrogens is 1. The van der Waals surface area contributed by atoms with E-state index in [4.69, 9.17) is 16.2 Å². The molecule has 0 fully saturated rings. The van der Waals surface area contributed by atoms with Gasteiger partial charge in [-0.15, -0.1) is 0 Å². The van der Waals surface area contributed by atoms with Crippen molar-refractivity contribution in [1.29, 1.82) is 0 Å². The molecule has 5 N–H and O–H groups in total. The van der Waals surface area contributed by atoms with Crippen LogP contribution in [0.25, 0.3) is 0 Å². The van der Waals surface area contributed by atoms with E-state index in [0.29, 0.717) is 18.1 Å². The maximum Gasteiger partial charge on any atom is 0.267 e. The second kappa shape index (κ2) is 5.92. The second-order valence-corrected chi connectivity index (χ2v) is 4.20. The third-order valence-electron chi connectivity index (χ3n) is 2.77. The van der Waals surface area contributed by atoms with Crippen LogP contribution >= 0.6 is 0 Å². The predicted molar refractivity (Wildman–Crippen MR) is 77.5 cm³/mol. The van der Waals surface area contributed by atoms with Crippen LogP contribution in [0.1, 0.15) is 16.1 Å². The summed E-state index contributed by atoms with van der Waals surface area (Å²) in [7, 11) is 1.60. The van der Waals surface area contributed by atoms with Crippen LogP contribution in [-0.4, -0.2) is 18.0 Å². The van der Waals surface area contributed by atoms with Crippen LogP contribution in [0.4, 0.5) is 11.5 Å². The Morgan fingerprint density at radius 2 is 2.15 bits per heavy atom. The quantitative estimate of drug-likeness (QED) is 0.713. The van der Waals surface area contributed by atoms with Crippen molar-refractivity contribution >= 4 is 17.4 Å². The number of nitrogens with two attached hydrogens (primary N) is 2. The average Bonchev–Trinajstić information content (AvgIpc) is 2.45. The third-order valence-corrected chi connectivity index (χ3v) is 2.77. The van der Waals surface area contributed by atoms with E-state index in [2.05, 4.69) is 10.3 Å². The van der Waals surface area contributed by atoms with E-state index in [1.165, 1.54) is 0 Å². The number of hydrogen-bond donors (Lipinski definition) is 3. The molecule has 0 unspecified atom stereocenters. The SMILES string of the molecule is COc1ccc(N)cc1CNc1cccc(C(N)=O)n1. The molecule has 104 valence electrons. The van der Waals surface area contributed by atoms with Crippen molar-refractivity contribution in [2.75, 3.05) is 18.2 Å². The first-order valence-electron chi connectivity index (χ1n) is 6.03. The Kier molecular flexibility index (Phi) is 4.05. The van der Waals surface area contributed by atoms with Crippen LogP contribution in [0.5, 0.6) is 5.75 Å². The van der Waals surface area contributed by atoms with Crippen molar-refractivity contribution in [3.63, 3.8) is 0 Å². The summed E-state index contributed by atoms with van der Waals surface area (Å²) in [6.45, 7) is 0.476. The molecule has 6 nitrogen and oxygen atoms in total. The normalized spacial score (nSPS) is 10.1. The van der Waals surface area contributed by atoms with E-state index < -0.39 is 5.91 Å². The highest BCUT2D eigenvalue weighted by molar-refractivity contribution is 5.91. The number of carbonyl (C=O) groups is 1.